The van der Waals surface area contributed by atoms with Crippen LogP contribution in [-0.2, 0) is 6.54 Å². The molecular weight excluding hydrogens is 224 g/mol. The molecule has 2 rings (SSSR count). The van der Waals surface area contributed by atoms with Gasteiger partial charge in [0.1, 0.15) is 0 Å². The van der Waals surface area contributed by atoms with Crippen molar-refractivity contribution in [2.45, 2.75) is 38.8 Å². The van der Waals surface area contributed by atoms with Gasteiger partial charge < -0.3 is 10.4 Å². The van der Waals surface area contributed by atoms with Crippen LogP contribution < -0.4 is 5.32 Å². The van der Waals surface area contributed by atoms with Crippen molar-refractivity contribution in [1.82, 2.24) is 10.3 Å². The zero-order chi connectivity index (χ0) is 11.5. The van der Waals surface area contributed by atoms with Crippen molar-refractivity contribution in [3.63, 3.8) is 0 Å². The highest BCUT2D eigenvalue weighted by molar-refractivity contribution is 7.11. The van der Waals surface area contributed by atoms with Crippen molar-refractivity contribution in [2.75, 3.05) is 0 Å². The van der Waals surface area contributed by atoms with Gasteiger partial charge in [0, 0.05) is 18.0 Å². The van der Waals surface area contributed by atoms with Crippen molar-refractivity contribution in [3.8, 4) is 0 Å². The summed E-state index contributed by atoms with van der Waals surface area (Å²) in [6.07, 6.45) is 3.79. The van der Waals surface area contributed by atoms with Gasteiger partial charge in [-0.3, -0.25) is 0 Å². The first-order chi connectivity index (χ1) is 7.66. The Morgan fingerprint density at radius 1 is 1.69 bits per heavy atom. The Bertz CT molecular complexity index is 378. The lowest BCUT2D eigenvalue weighted by Crippen LogP contribution is -2.30. The molecule has 0 amide bonds. The smallest absolute Gasteiger partial charge is 0.365 e. The van der Waals surface area contributed by atoms with E-state index in [4.69, 9.17) is 5.11 Å². The van der Waals surface area contributed by atoms with Crippen LogP contribution in [0.2, 0.25) is 0 Å². The van der Waals surface area contributed by atoms with Gasteiger partial charge in [-0.2, -0.15) is 0 Å². The zero-order valence-electron chi connectivity index (χ0n) is 9.27. The maximum absolute atomic E-state index is 10.7. The summed E-state index contributed by atoms with van der Waals surface area (Å²) in [7, 11) is 0. The normalized spacial score (nSPS) is 24.8. The van der Waals surface area contributed by atoms with Crippen LogP contribution in [0.15, 0.2) is 5.38 Å². The predicted octanol–water partition coefficient (Wildman–Crippen LogP) is 2.12. The van der Waals surface area contributed by atoms with E-state index in [0.717, 1.165) is 11.6 Å². The fourth-order valence-electron chi connectivity index (χ4n) is 2.17. The number of carbonyl (C=O) groups is 1. The summed E-state index contributed by atoms with van der Waals surface area (Å²) < 4.78 is 0. The van der Waals surface area contributed by atoms with Crippen molar-refractivity contribution in [2.24, 2.45) is 5.92 Å². The molecule has 1 fully saturated rings. The third-order valence-corrected chi connectivity index (χ3v) is 4.02. The lowest BCUT2D eigenvalue weighted by atomic mass is 10.1. The summed E-state index contributed by atoms with van der Waals surface area (Å²) >= 11 is 1.19. The number of carboxylic acids is 1. The Morgan fingerprint density at radius 3 is 3.06 bits per heavy atom. The summed E-state index contributed by atoms with van der Waals surface area (Å²) in [5.41, 5.74) is 0.835. The molecule has 0 spiro atoms. The van der Waals surface area contributed by atoms with Gasteiger partial charge in [0.25, 0.3) is 0 Å². The van der Waals surface area contributed by atoms with Crippen LogP contribution in [0.1, 0.15) is 41.7 Å². The summed E-state index contributed by atoms with van der Waals surface area (Å²) in [5.74, 6) is -0.219. The molecule has 2 unspecified atom stereocenters. The molecule has 5 heteroatoms. The molecule has 88 valence electrons. The molecule has 4 nitrogen and oxygen atoms in total. The summed E-state index contributed by atoms with van der Waals surface area (Å²) in [6, 6.07) is 0.565. The molecule has 1 saturated carbocycles. The largest absolute Gasteiger partial charge is 0.476 e. The van der Waals surface area contributed by atoms with Gasteiger partial charge in [-0.05, 0) is 18.8 Å². The minimum absolute atomic E-state index is 0.177. The highest BCUT2D eigenvalue weighted by Crippen LogP contribution is 2.25. The highest BCUT2D eigenvalue weighted by atomic mass is 32.1. The second-order valence-corrected chi connectivity index (χ2v) is 5.20. The lowest BCUT2D eigenvalue weighted by molar-refractivity contribution is 0.0696. The quantitative estimate of drug-likeness (QED) is 0.846. The van der Waals surface area contributed by atoms with Crippen molar-refractivity contribution in [3.05, 3.63) is 16.1 Å². The van der Waals surface area contributed by atoms with Gasteiger partial charge >= 0.3 is 5.97 Å². The Hall–Kier alpha value is -0.940. The Morgan fingerprint density at radius 2 is 2.50 bits per heavy atom. The Kier molecular flexibility index (Phi) is 3.56. The van der Waals surface area contributed by atoms with Gasteiger partial charge in [-0.15, -0.1) is 11.3 Å². The third kappa shape index (κ3) is 2.59. The third-order valence-electron chi connectivity index (χ3n) is 3.14. The number of rotatable bonds is 4. The number of carboxylic acid groups (broad SMARTS) is 1. The molecule has 2 atom stereocenters. The minimum atomic E-state index is -0.939. The number of hydrogen-bond acceptors (Lipinski definition) is 4. The molecule has 2 N–H and O–H groups in total. The van der Waals surface area contributed by atoms with Crippen LogP contribution in [0.5, 0.6) is 0 Å². The van der Waals surface area contributed by atoms with E-state index in [1.807, 2.05) is 5.38 Å². The molecule has 16 heavy (non-hydrogen) atoms. The van der Waals surface area contributed by atoms with Crippen LogP contribution >= 0.6 is 11.3 Å². The summed E-state index contributed by atoms with van der Waals surface area (Å²) in [6.45, 7) is 2.94. The van der Waals surface area contributed by atoms with Crippen LogP contribution in [-0.4, -0.2) is 22.1 Å². The molecule has 1 aromatic heterocycles. The van der Waals surface area contributed by atoms with Gasteiger partial charge in [0.2, 0.25) is 5.01 Å². The number of nitrogens with zero attached hydrogens (tertiary/aromatic N) is 1. The number of nitrogens with one attached hydrogen (secondary N) is 1. The summed E-state index contributed by atoms with van der Waals surface area (Å²) in [5, 5.41) is 14.2. The molecular formula is C11H16N2O2S. The van der Waals surface area contributed by atoms with Crippen molar-refractivity contribution < 1.29 is 9.90 Å². The fraction of sp³-hybridized carbons (Fsp3) is 0.636. The highest BCUT2D eigenvalue weighted by Gasteiger charge is 2.22. The Labute approximate surface area is 98.7 Å². The van der Waals surface area contributed by atoms with E-state index in [2.05, 4.69) is 17.2 Å². The number of thiazole rings is 1. The first-order valence-electron chi connectivity index (χ1n) is 5.58. The molecule has 1 aromatic rings. The second-order valence-electron chi connectivity index (χ2n) is 4.34. The average Bonchev–Trinajstić information content (AvgIpc) is 2.83. The first kappa shape index (κ1) is 11.5. The van der Waals surface area contributed by atoms with Crippen molar-refractivity contribution in [1.29, 1.82) is 0 Å². The molecule has 0 aliphatic heterocycles. The lowest BCUT2D eigenvalue weighted by Gasteiger charge is -2.16. The maximum atomic E-state index is 10.7. The van der Waals surface area contributed by atoms with Gasteiger partial charge in [0.05, 0.1) is 5.69 Å². The van der Waals surface area contributed by atoms with Gasteiger partial charge in [-0.25, -0.2) is 9.78 Å². The van der Waals surface area contributed by atoms with E-state index in [1.165, 1.54) is 30.6 Å². The topological polar surface area (TPSA) is 62.2 Å². The number of aromatic carboxylic acids is 1. The molecule has 0 saturated heterocycles. The molecule has 0 radical (unpaired) electrons. The second kappa shape index (κ2) is 4.93. The van der Waals surface area contributed by atoms with E-state index < -0.39 is 5.97 Å². The van der Waals surface area contributed by atoms with E-state index in [0.29, 0.717) is 12.6 Å². The van der Waals surface area contributed by atoms with Crippen molar-refractivity contribution >= 4 is 17.3 Å². The van der Waals surface area contributed by atoms with E-state index in [-0.39, 0.29) is 5.01 Å². The number of aromatic nitrogens is 1. The van der Waals surface area contributed by atoms with Gasteiger partial charge in [0.15, 0.2) is 0 Å². The van der Waals surface area contributed by atoms with Crippen LogP contribution in [0.3, 0.4) is 0 Å². The van der Waals surface area contributed by atoms with Crippen LogP contribution in [0.4, 0.5) is 0 Å². The maximum Gasteiger partial charge on any atom is 0.365 e. The SMILES string of the molecule is CC1CCCC1NCc1csc(C(=O)O)n1. The molecule has 1 aliphatic rings. The van der Waals surface area contributed by atoms with E-state index in [9.17, 15) is 4.79 Å². The Balaban J connectivity index is 1.87. The van der Waals surface area contributed by atoms with E-state index in [1.54, 1.807) is 0 Å². The monoisotopic (exact) mass is 240 g/mol. The first-order valence-corrected chi connectivity index (χ1v) is 6.46. The number of hydrogen-bond donors (Lipinski definition) is 2. The molecule has 1 aliphatic carbocycles. The predicted molar refractivity (Wildman–Crippen MR) is 62.7 cm³/mol. The van der Waals surface area contributed by atoms with Crippen LogP contribution in [0, 0.1) is 5.92 Å². The molecule has 1 heterocycles. The van der Waals surface area contributed by atoms with Crippen LogP contribution in [0.25, 0.3) is 0 Å². The summed E-state index contributed by atoms with van der Waals surface area (Å²) in [4.78, 5) is 14.7. The fourth-order valence-corrected chi connectivity index (χ4v) is 2.83. The average molecular weight is 240 g/mol. The molecule has 0 aromatic carbocycles. The molecule has 0 bridgehead atoms. The minimum Gasteiger partial charge on any atom is -0.476 e. The standard InChI is InChI=1S/C11H16N2O2S/c1-7-3-2-4-9(7)12-5-8-6-16-10(13-8)11(14)15/h6-7,9,12H,2-5H2,1H3,(H,14,15). The zero-order valence-corrected chi connectivity index (χ0v) is 10.1. The van der Waals surface area contributed by atoms with E-state index >= 15 is 0 Å². The van der Waals surface area contributed by atoms with Gasteiger partial charge in [-0.1, -0.05) is 13.3 Å².